The Morgan fingerprint density at radius 2 is 1.93 bits per heavy atom. The highest BCUT2D eigenvalue weighted by Crippen LogP contribution is 2.28. The molecule has 0 saturated carbocycles. The van der Waals surface area contributed by atoms with Gasteiger partial charge in [-0.25, -0.2) is 8.78 Å². The number of hydrogen-bond acceptors (Lipinski definition) is 5. The Labute approximate surface area is 154 Å². The summed E-state index contributed by atoms with van der Waals surface area (Å²) in [5, 5.41) is 9.28. The molecule has 0 aliphatic heterocycles. The van der Waals surface area contributed by atoms with Gasteiger partial charge in [0.15, 0.2) is 17.3 Å². The fourth-order valence-electron chi connectivity index (χ4n) is 2.31. The molecule has 7 nitrogen and oxygen atoms in total. The maximum atomic E-state index is 13.3. The number of aromatic nitrogens is 4. The number of nitrogens with zero attached hydrogens (tertiary/aromatic N) is 4. The van der Waals surface area contributed by atoms with Gasteiger partial charge in [-0.15, -0.1) is 0 Å². The monoisotopic (exact) mass is 401 g/mol. The summed E-state index contributed by atoms with van der Waals surface area (Å²) in [5.41, 5.74) is -1.38. The largest absolute Gasteiger partial charge is 0.435 e. The second-order valence-corrected chi connectivity index (χ2v) is 5.82. The van der Waals surface area contributed by atoms with Gasteiger partial charge in [-0.1, -0.05) is 5.16 Å². The van der Waals surface area contributed by atoms with Crippen LogP contribution in [0.25, 0.3) is 11.4 Å². The molecule has 1 atom stereocenters. The summed E-state index contributed by atoms with van der Waals surface area (Å²) >= 11 is 0. The molecule has 0 spiro atoms. The van der Waals surface area contributed by atoms with Gasteiger partial charge in [-0.05, 0) is 25.1 Å². The number of carbonyl (C=O) groups is 1. The molecule has 0 aliphatic rings. The lowest BCUT2D eigenvalue weighted by molar-refractivity contribution is -0.141. The summed E-state index contributed by atoms with van der Waals surface area (Å²) in [6.45, 7) is 1.46. The van der Waals surface area contributed by atoms with E-state index in [0.29, 0.717) is 6.07 Å². The first-order valence-electron chi connectivity index (χ1n) is 7.77. The molecule has 0 fully saturated rings. The van der Waals surface area contributed by atoms with Crippen molar-refractivity contribution in [3.05, 3.63) is 53.2 Å². The predicted octanol–water partition coefficient (Wildman–Crippen LogP) is 3.26. The van der Waals surface area contributed by atoms with E-state index in [1.165, 1.54) is 20.0 Å². The highest BCUT2D eigenvalue weighted by Gasteiger charge is 2.35. The van der Waals surface area contributed by atoms with Crippen molar-refractivity contribution in [2.45, 2.75) is 19.1 Å². The van der Waals surface area contributed by atoms with E-state index < -0.39 is 35.5 Å². The molecule has 148 valence electrons. The minimum atomic E-state index is -4.69. The highest BCUT2D eigenvalue weighted by molar-refractivity contribution is 5.92. The van der Waals surface area contributed by atoms with E-state index in [9.17, 15) is 26.7 Å². The molecule has 28 heavy (non-hydrogen) atoms. The molecule has 2 aromatic heterocycles. The fourth-order valence-corrected chi connectivity index (χ4v) is 2.31. The van der Waals surface area contributed by atoms with Crippen molar-refractivity contribution in [3.8, 4) is 11.4 Å². The number of halogens is 5. The molecule has 2 heterocycles. The van der Waals surface area contributed by atoms with Gasteiger partial charge in [-0.2, -0.15) is 23.3 Å². The number of aryl methyl sites for hydroxylation is 1. The third-order valence-corrected chi connectivity index (χ3v) is 3.74. The average Bonchev–Trinajstić information content (AvgIpc) is 3.24. The normalized spacial score (nSPS) is 12.8. The molecule has 0 saturated heterocycles. The topological polar surface area (TPSA) is 85.8 Å². The van der Waals surface area contributed by atoms with Gasteiger partial charge in [0.1, 0.15) is 11.7 Å². The molecule has 0 unspecified atom stereocenters. The van der Waals surface area contributed by atoms with Crippen LogP contribution in [0, 0.1) is 11.6 Å². The summed E-state index contributed by atoms with van der Waals surface area (Å²) in [6, 6.07) is 2.75. The number of nitrogens with one attached hydrogen (secondary N) is 1. The second kappa shape index (κ2) is 7.02. The van der Waals surface area contributed by atoms with Gasteiger partial charge < -0.3 is 9.84 Å². The molecule has 3 rings (SSSR count). The molecule has 0 radical (unpaired) electrons. The lowest BCUT2D eigenvalue weighted by Crippen LogP contribution is -2.28. The zero-order chi connectivity index (χ0) is 20.6. The molecule has 0 aliphatic carbocycles. The Morgan fingerprint density at radius 1 is 1.21 bits per heavy atom. The maximum Gasteiger partial charge on any atom is 0.435 e. The maximum absolute atomic E-state index is 13.3. The number of benzene rings is 1. The first-order valence-corrected chi connectivity index (χ1v) is 7.77. The van der Waals surface area contributed by atoms with Crippen molar-refractivity contribution in [3.63, 3.8) is 0 Å². The molecule has 1 N–H and O–H groups in total. The number of carbonyl (C=O) groups excluding carboxylic acids is 1. The Kier molecular flexibility index (Phi) is 4.87. The van der Waals surface area contributed by atoms with Crippen LogP contribution in [0.2, 0.25) is 0 Å². The van der Waals surface area contributed by atoms with Crippen LogP contribution in [0.4, 0.5) is 22.0 Å². The van der Waals surface area contributed by atoms with Crippen molar-refractivity contribution < 1.29 is 31.3 Å². The summed E-state index contributed by atoms with van der Waals surface area (Å²) in [6.07, 6.45) is -4.69. The number of rotatable bonds is 4. The lowest BCUT2D eigenvalue weighted by Gasteiger charge is -2.09. The van der Waals surface area contributed by atoms with E-state index in [1.54, 1.807) is 0 Å². The smallest absolute Gasteiger partial charge is 0.339 e. The first kappa shape index (κ1) is 19.5. The first-order chi connectivity index (χ1) is 13.1. The predicted molar refractivity (Wildman–Crippen MR) is 83.7 cm³/mol. The van der Waals surface area contributed by atoms with E-state index >= 15 is 0 Å². The highest BCUT2D eigenvalue weighted by atomic mass is 19.4. The van der Waals surface area contributed by atoms with Crippen LogP contribution in [0.3, 0.4) is 0 Å². The molecular formula is C16H12F5N5O2. The van der Waals surface area contributed by atoms with Crippen LogP contribution < -0.4 is 5.32 Å². The lowest BCUT2D eigenvalue weighted by atomic mass is 10.2. The van der Waals surface area contributed by atoms with Gasteiger partial charge in [0.2, 0.25) is 11.7 Å². The van der Waals surface area contributed by atoms with Crippen molar-refractivity contribution in [1.82, 2.24) is 25.2 Å². The quantitative estimate of drug-likeness (QED) is 0.679. The Morgan fingerprint density at radius 3 is 2.54 bits per heavy atom. The Hall–Kier alpha value is -3.31. The standard InChI is InChI=1S/C16H12F5N5O2/c1-7(22-14(27)11-6-12(16(19,20)21)24-26(11)2)15-23-13(25-28-15)8-3-4-9(17)10(18)5-8/h3-7H,1-2H3,(H,22,27)/t7-/m0/s1. The molecular weight excluding hydrogens is 389 g/mol. The van der Waals surface area contributed by atoms with E-state index in [0.717, 1.165) is 16.8 Å². The molecule has 12 heteroatoms. The molecule has 1 amide bonds. The average molecular weight is 401 g/mol. The Bertz CT molecular complexity index is 1030. The number of hydrogen-bond donors (Lipinski definition) is 1. The summed E-state index contributed by atoms with van der Waals surface area (Å²) in [4.78, 5) is 16.2. The third-order valence-electron chi connectivity index (χ3n) is 3.74. The van der Waals surface area contributed by atoms with Crippen molar-refractivity contribution >= 4 is 5.91 Å². The van der Waals surface area contributed by atoms with Crippen molar-refractivity contribution in [2.24, 2.45) is 7.05 Å². The van der Waals surface area contributed by atoms with Crippen molar-refractivity contribution in [2.75, 3.05) is 0 Å². The van der Waals surface area contributed by atoms with Gasteiger partial charge in [0, 0.05) is 18.7 Å². The van der Waals surface area contributed by atoms with Gasteiger partial charge >= 0.3 is 6.18 Å². The Balaban J connectivity index is 1.76. The van der Waals surface area contributed by atoms with Crippen LogP contribution >= 0.6 is 0 Å². The van der Waals surface area contributed by atoms with Gasteiger partial charge in [-0.3, -0.25) is 9.48 Å². The zero-order valence-corrected chi connectivity index (χ0v) is 14.4. The molecule has 0 bridgehead atoms. The molecule has 3 aromatic rings. The van der Waals surface area contributed by atoms with Crippen LogP contribution in [-0.4, -0.2) is 25.8 Å². The van der Waals surface area contributed by atoms with Crippen molar-refractivity contribution in [1.29, 1.82) is 0 Å². The molecule has 1 aromatic carbocycles. The van der Waals surface area contributed by atoms with Crippen LogP contribution in [0.1, 0.15) is 35.0 Å². The SMILES string of the molecule is C[C@H](NC(=O)c1cc(C(F)(F)F)nn1C)c1nc(-c2ccc(F)c(F)c2)no1. The summed E-state index contributed by atoms with van der Waals surface area (Å²) in [7, 11) is 1.20. The van der Waals surface area contributed by atoms with Crippen LogP contribution in [0.15, 0.2) is 28.8 Å². The third kappa shape index (κ3) is 3.85. The summed E-state index contributed by atoms with van der Waals surface area (Å²) < 4.78 is 70.2. The summed E-state index contributed by atoms with van der Waals surface area (Å²) in [5.74, 6) is -3.10. The van der Waals surface area contributed by atoms with Gasteiger partial charge in [0.25, 0.3) is 5.91 Å². The zero-order valence-electron chi connectivity index (χ0n) is 14.4. The minimum Gasteiger partial charge on any atom is -0.339 e. The van der Waals surface area contributed by atoms with E-state index in [1.807, 2.05) is 0 Å². The van der Waals surface area contributed by atoms with Crippen LogP contribution in [0.5, 0.6) is 0 Å². The minimum absolute atomic E-state index is 0.0464. The number of amides is 1. The second-order valence-electron chi connectivity index (χ2n) is 5.82. The van der Waals surface area contributed by atoms with Gasteiger partial charge in [0.05, 0.1) is 0 Å². The van der Waals surface area contributed by atoms with E-state index in [-0.39, 0.29) is 23.0 Å². The number of alkyl halides is 3. The van der Waals surface area contributed by atoms with E-state index in [4.69, 9.17) is 4.52 Å². The van der Waals surface area contributed by atoms with E-state index in [2.05, 4.69) is 20.6 Å². The fraction of sp³-hybridized carbons (Fsp3) is 0.250. The van der Waals surface area contributed by atoms with Crippen LogP contribution in [-0.2, 0) is 13.2 Å².